The number of hydrogen-bond donors (Lipinski definition) is 0. The molecule has 0 radical (unpaired) electrons. The van der Waals surface area contributed by atoms with Crippen LogP contribution in [0, 0.1) is 0 Å². The van der Waals surface area contributed by atoms with Crippen LogP contribution in [-0.2, 0) is 0 Å². The maximum atomic E-state index is 6.73. The van der Waals surface area contributed by atoms with Gasteiger partial charge in [0.2, 0.25) is 0 Å². The number of benzene rings is 9. The van der Waals surface area contributed by atoms with E-state index in [-0.39, 0.29) is 0 Å². The fourth-order valence-electron chi connectivity index (χ4n) is 8.83. The summed E-state index contributed by atoms with van der Waals surface area (Å²) in [5, 5.41) is 6.76. The minimum atomic E-state index is 0.569. The maximum Gasteiger partial charge on any atom is 0.164 e. The van der Waals surface area contributed by atoms with Gasteiger partial charge in [-0.3, -0.25) is 0 Å². The van der Waals surface area contributed by atoms with E-state index in [1.807, 2.05) is 36.4 Å². The molecule has 0 unspecified atom stereocenters. The zero-order valence-corrected chi connectivity index (χ0v) is 32.3. The molecule has 0 saturated carbocycles. The van der Waals surface area contributed by atoms with Crippen LogP contribution in [0.5, 0.6) is 0 Å². The van der Waals surface area contributed by atoms with Gasteiger partial charge < -0.3 is 8.98 Å². The van der Waals surface area contributed by atoms with Gasteiger partial charge in [0.15, 0.2) is 17.5 Å². The zero-order valence-electron chi connectivity index (χ0n) is 32.3. The summed E-state index contributed by atoms with van der Waals surface area (Å²) in [6, 6.07) is 72.2. The van der Waals surface area contributed by atoms with E-state index in [0.29, 0.717) is 17.5 Å². The van der Waals surface area contributed by atoms with Crippen molar-refractivity contribution in [3.63, 3.8) is 0 Å². The largest absolute Gasteiger partial charge is 0.456 e. The quantitative estimate of drug-likeness (QED) is 0.169. The minimum absolute atomic E-state index is 0.569. The second-order valence-electron chi connectivity index (χ2n) is 15.2. The Hall–Kier alpha value is -8.15. The lowest BCUT2D eigenvalue weighted by Gasteiger charge is -2.13. The molecule has 0 saturated heterocycles. The molecule has 0 aliphatic rings. The highest BCUT2D eigenvalue weighted by Gasteiger charge is 2.22. The topological polar surface area (TPSA) is 56.7 Å². The molecule has 5 heteroatoms. The van der Waals surface area contributed by atoms with Crippen LogP contribution in [-0.4, -0.2) is 19.5 Å². The third kappa shape index (κ3) is 5.59. The summed E-state index contributed by atoms with van der Waals surface area (Å²) in [7, 11) is 0. The Balaban J connectivity index is 1.15. The van der Waals surface area contributed by atoms with E-state index >= 15 is 0 Å². The average molecular weight is 767 g/mol. The van der Waals surface area contributed by atoms with E-state index in [4.69, 9.17) is 19.4 Å². The third-order valence-corrected chi connectivity index (χ3v) is 11.6. The number of aromatic nitrogens is 4. The Labute approximate surface area is 345 Å². The van der Waals surface area contributed by atoms with Crippen molar-refractivity contribution in [3.8, 4) is 62.1 Å². The molecule has 12 rings (SSSR count). The van der Waals surface area contributed by atoms with Crippen molar-refractivity contribution in [1.29, 1.82) is 0 Å². The van der Waals surface area contributed by atoms with Crippen LogP contribution in [0.4, 0.5) is 0 Å². The Morgan fingerprint density at radius 3 is 1.68 bits per heavy atom. The van der Waals surface area contributed by atoms with Crippen LogP contribution >= 0.6 is 0 Å². The highest BCUT2D eigenvalue weighted by atomic mass is 16.3. The molecule has 3 aromatic heterocycles. The number of hydrogen-bond acceptors (Lipinski definition) is 4. The highest BCUT2D eigenvalue weighted by Crippen LogP contribution is 2.43. The van der Waals surface area contributed by atoms with Crippen LogP contribution in [0.2, 0.25) is 0 Å². The Morgan fingerprint density at radius 1 is 0.333 bits per heavy atom. The summed E-state index contributed by atoms with van der Waals surface area (Å²) >= 11 is 0. The zero-order chi connectivity index (χ0) is 39.6. The smallest absolute Gasteiger partial charge is 0.164 e. The van der Waals surface area contributed by atoms with Crippen molar-refractivity contribution in [1.82, 2.24) is 19.5 Å². The number of fused-ring (bicyclic) bond motifs is 8. The lowest BCUT2D eigenvalue weighted by atomic mass is 10.0. The van der Waals surface area contributed by atoms with E-state index in [0.717, 1.165) is 66.5 Å². The van der Waals surface area contributed by atoms with E-state index in [9.17, 15) is 0 Å². The first-order chi connectivity index (χ1) is 29.7. The van der Waals surface area contributed by atoms with Crippen molar-refractivity contribution in [2.24, 2.45) is 0 Å². The molecule has 9 aromatic carbocycles. The van der Waals surface area contributed by atoms with Gasteiger partial charge in [-0.15, -0.1) is 0 Å². The molecule has 0 atom stereocenters. The second-order valence-corrected chi connectivity index (χ2v) is 15.2. The molecule has 3 heterocycles. The highest BCUT2D eigenvalue weighted by molar-refractivity contribution is 6.22. The first-order valence-electron chi connectivity index (χ1n) is 20.2. The molecule has 0 aliphatic carbocycles. The summed E-state index contributed by atoms with van der Waals surface area (Å²) in [5.74, 6) is 1.77. The van der Waals surface area contributed by atoms with E-state index < -0.39 is 0 Å². The van der Waals surface area contributed by atoms with Gasteiger partial charge in [-0.05, 0) is 69.4 Å². The van der Waals surface area contributed by atoms with Crippen LogP contribution < -0.4 is 0 Å². The first kappa shape index (κ1) is 33.9. The van der Waals surface area contributed by atoms with Crippen LogP contribution in [0.1, 0.15) is 0 Å². The van der Waals surface area contributed by atoms with Gasteiger partial charge in [0.25, 0.3) is 0 Å². The predicted octanol–water partition coefficient (Wildman–Crippen LogP) is 14.4. The van der Waals surface area contributed by atoms with Gasteiger partial charge in [-0.25, -0.2) is 15.0 Å². The molecule has 0 fully saturated rings. The molecular weight excluding hydrogens is 733 g/mol. The second kappa shape index (κ2) is 13.8. The average Bonchev–Trinajstić information content (AvgIpc) is 3.87. The third-order valence-electron chi connectivity index (χ3n) is 11.6. The molecule has 60 heavy (non-hydrogen) atoms. The maximum absolute atomic E-state index is 6.73. The van der Waals surface area contributed by atoms with Gasteiger partial charge in [0.1, 0.15) is 11.2 Å². The summed E-state index contributed by atoms with van der Waals surface area (Å²) in [6.07, 6.45) is 0. The Bertz CT molecular complexity index is 3590. The normalized spacial score (nSPS) is 11.7. The fraction of sp³-hybridized carbons (Fsp3) is 0. The Kier molecular flexibility index (Phi) is 7.78. The fourth-order valence-corrected chi connectivity index (χ4v) is 8.83. The van der Waals surface area contributed by atoms with Gasteiger partial charge in [0.05, 0.1) is 16.7 Å². The SMILES string of the molecule is c1ccc(-c2cccc(-c3nc(-c4ccccc4)nc(-c4cc(-n5c6ccc(-c7ccccc7)cc6c6c7ccccc7ccc65)cc5oc6ccccc6c45)n3)c2)cc1. The van der Waals surface area contributed by atoms with Crippen LogP contribution in [0.25, 0.3) is 117 Å². The Morgan fingerprint density at radius 2 is 0.917 bits per heavy atom. The molecule has 0 amide bonds. The molecule has 0 N–H and O–H groups in total. The van der Waals surface area contributed by atoms with Crippen molar-refractivity contribution < 1.29 is 4.42 Å². The van der Waals surface area contributed by atoms with Crippen LogP contribution in [0.15, 0.2) is 211 Å². The van der Waals surface area contributed by atoms with Crippen molar-refractivity contribution in [2.45, 2.75) is 0 Å². The molecule has 5 nitrogen and oxygen atoms in total. The van der Waals surface area contributed by atoms with Crippen molar-refractivity contribution in [2.75, 3.05) is 0 Å². The van der Waals surface area contributed by atoms with E-state index in [1.165, 1.54) is 32.7 Å². The van der Waals surface area contributed by atoms with E-state index in [2.05, 4.69) is 174 Å². The van der Waals surface area contributed by atoms with E-state index in [1.54, 1.807) is 0 Å². The van der Waals surface area contributed by atoms with Crippen molar-refractivity contribution in [3.05, 3.63) is 206 Å². The van der Waals surface area contributed by atoms with Crippen LogP contribution in [0.3, 0.4) is 0 Å². The lowest BCUT2D eigenvalue weighted by molar-refractivity contribution is 0.668. The first-order valence-corrected chi connectivity index (χ1v) is 20.2. The lowest BCUT2D eigenvalue weighted by Crippen LogP contribution is -2.02. The standard InChI is InChI=1S/C55H34N4O/c1-4-15-35(16-5-1)39-22-14-23-41(31-39)54-56-53(38-20-8-3-9-21-38)57-55(58-54)46-33-42(34-50-52(46)44-25-12-13-26-49(44)60-50)59-47-29-28-40(36-17-6-2-7-18-36)32-45(47)51-43-24-11-10-19-37(43)27-30-48(51)59/h1-34H. The number of nitrogens with zero attached hydrogens (tertiary/aromatic N) is 4. The summed E-state index contributed by atoms with van der Waals surface area (Å²) in [5.41, 5.74) is 12.0. The molecule has 12 aromatic rings. The molecular formula is C55H34N4O. The molecule has 280 valence electrons. The van der Waals surface area contributed by atoms with Gasteiger partial charge in [-0.1, -0.05) is 164 Å². The summed E-state index contributed by atoms with van der Waals surface area (Å²) < 4.78 is 9.10. The monoisotopic (exact) mass is 766 g/mol. The van der Waals surface area contributed by atoms with Gasteiger partial charge in [0, 0.05) is 44.3 Å². The molecule has 0 bridgehead atoms. The van der Waals surface area contributed by atoms with Gasteiger partial charge in [-0.2, -0.15) is 0 Å². The number of para-hydroxylation sites is 1. The summed E-state index contributed by atoms with van der Waals surface area (Å²) in [4.78, 5) is 15.7. The number of rotatable bonds is 6. The van der Waals surface area contributed by atoms with Gasteiger partial charge >= 0.3 is 0 Å². The summed E-state index contributed by atoms with van der Waals surface area (Å²) in [6.45, 7) is 0. The number of furan rings is 1. The molecule has 0 aliphatic heterocycles. The molecule has 0 spiro atoms. The van der Waals surface area contributed by atoms with Crippen molar-refractivity contribution >= 4 is 54.5 Å². The predicted molar refractivity (Wildman–Crippen MR) is 246 cm³/mol. The minimum Gasteiger partial charge on any atom is -0.456 e.